The van der Waals surface area contributed by atoms with Crippen LogP contribution in [-0.4, -0.2) is 15.3 Å². The highest BCUT2D eigenvalue weighted by molar-refractivity contribution is 5.84. The fourth-order valence-corrected chi connectivity index (χ4v) is 4.68. The van der Waals surface area contributed by atoms with Crippen LogP contribution in [0.3, 0.4) is 0 Å². The highest BCUT2D eigenvalue weighted by atomic mass is 16.3. The molecular formula is C22H24O3. The van der Waals surface area contributed by atoms with Crippen molar-refractivity contribution in [2.24, 2.45) is 11.8 Å². The van der Waals surface area contributed by atoms with Crippen molar-refractivity contribution < 1.29 is 15.3 Å². The van der Waals surface area contributed by atoms with Gasteiger partial charge in [0.15, 0.2) is 11.5 Å². The van der Waals surface area contributed by atoms with E-state index < -0.39 is 0 Å². The van der Waals surface area contributed by atoms with Gasteiger partial charge in [0, 0.05) is 0 Å². The molecule has 2 aromatic carbocycles. The van der Waals surface area contributed by atoms with E-state index in [0.717, 1.165) is 11.1 Å². The Labute approximate surface area is 148 Å². The third kappa shape index (κ3) is 2.99. The molecule has 0 atom stereocenters. The highest BCUT2D eigenvalue weighted by Crippen LogP contribution is 2.49. The summed E-state index contributed by atoms with van der Waals surface area (Å²) in [4.78, 5) is 0. The van der Waals surface area contributed by atoms with Gasteiger partial charge in [-0.3, -0.25) is 0 Å². The molecule has 2 fully saturated rings. The second kappa shape index (κ2) is 6.47. The van der Waals surface area contributed by atoms with Crippen LogP contribution in [-0.2, 0) is 0 Å². The van der Waals surface area contributed by atoms with Gasteiger partial charge < -0.3 is 15.3 Å². The maximum Gasteiger partial charge on any atom is 0.158 e. The molecule has 0 aromatic heterocycles. The predicted molar refractivity (Wildman–Crippen MR) is 98.6 cm³/mol. The number of rotatable bonds is 2. The number of benzene rings is 2. The largest absolute Gasteiger partial charge is 0.508 e. The van der Waals surface area contributed by atoms with Gasteiger partial charge in [0.05, 0.1) is 0 Å². The lowest BCUT2D eigenvalue weighted by Gasteiger charge is -2.39. The van der Waals surface area contributed by atoms with Gasteiger partial charge in [-0.1, -0.05) is 36.6 Å². The molecule has 2 aliphatic rings. The monoisotopic (exact) mass is 336 g/mol. The zero-order chi connectivity index (χ0) is 17.4. The Kier molecular flexibility index (Phi) is 4.16. The molecule has 0 radical (unpaired) electrons. The minimum atomic E-state index is -0.0948. The van der Waals surface area contributed by atoms with Gasteiger partial charge in [-0.15, -0.1) is 0 Å². The summed E-state index contributed by atoms with van der Waals surface area (Å²) in [5.74, 6) is 1.28. The molecule has 4 rings (SSSR count). The minimum absolute atomic E-state index is 0.0876. The lowest BCUT2D eigenvalue weighted by atomic mass is 9.65. The zero-order valence-corrected chi connectivity index (χ0v) is 14.3. The standard InChI is InChI=1S/C22H24O3/c23-18-10-7-16(8-11-18)22(17-9-12-19(24)20(25)13-17)21-14-3-1-4-15(21)6-2-5-14/h7-15,23-25H,1-6H2. The summed E-state index contributed by atoms with van der Waals surface area (Å²) in [6, 6.07) is 12.4. The zero-order valence-electron chi connectivity index (χ0n) is 14.3. The van der Waals surface area contributed by atoms with Crippen molar-refractivity contribution in [1.82, 2.24) is 0 Å². The second-order valence-electron chi connectivity index (χ2n) is 7.34. The van der Waals surface area contributed by atoms with E-state index in [1.807, 2.05) is 18.2 Å². The average molecular weight is 336 g/mol. The first kappa shape index (κ1) is 16.1. The first-order chi connectivity index (χ1) is 12.1. The molecule has 3 N–H and O–H groups in total. The number of hydrogen-bond donors (Lipinski definition) is 3. The number of phenols is 3. The van der Waals surface area contributed by atoms with E-state index in [2.05, 4.69) is 0 Å². The Balaban J connectivity index is 1.93. The molecule has 0 spiro atoms. The molecule has 0 heterocycles. The van der Waals surface area contributed by atoms with Crippen molar-refractivity contribution in [2.45, 2.75) is 38.5 Å². The van der Waals surface area contributed by atoms with Crippen LogP contribution in [0.15, 0.2) is 48.0 Å². The van der Waals surface area contributed by atoms with Gasteiger partial charge in [-0.2, -0.15) is 0 Å². The van der Waals surface area contributed by atoms with Crippen molar-refractivity contribution in [3.8, 4) is 17.2 Å². The molecule has 25 heavy (non-hydrogen) atoms. The summed E-state index contributed by atoms with van der Waals surface area (Å²) >= 11 is 0. The van der Waals surface area contributed by atoms with E-state index in [-0.39, 0.29) is 17.2 Å². The third-order valence-corrected chi connectivity index (χ3v) is 5.80. The molecule has 130 valence electrons. The van der Waals surface area contributed by atoms with E-state index in [1.165, 1.54) is 49.7 Å². The van der Waals surface area contributed by atoms with Crippen LogP contribution in [0.4, 0.5) is 0 Å². The molecular weight excluding hydrogens is 312 g/mol. The van der Waals surface area contributed by atoms with Crippen molar-refractivity contribution in [2.75, 3.05) is 0 Å². The van der Waals surface area contributed by atoms with Crippen molar-refractivity contribution in [3.63, 3.8) is 0 Å². The number of phenolic OH excluding ortho intramolecular Hbond substituents is 3. The molecule has 0 amide bonds. The number of fused-ring (bicyclic) bond motifs is 2. The van der Waals surface area contributed by atoms with Gasteiger partial charge in [0.1, 0.15) is 5.75 Å². The molecule has 0 saturated heterocycles. The molecule has 3 heteroatoms. The van der Waals surface area contributed by atoms with Crippen LogP contribution in [0.2, 0.25) is 0 Å². The maximum absolute atomic E-state index is 10.0. The molecule has 2 aliphatic carbocycles. The van der Waals surface area contributed by atoms with Crippen LogP contribution in [0.5, 0.6) is 17.2 Å². The summed E-state index contributed by atoms with van der Waals surface area (Å²) in [5.41, 5.74) is 4.68. The van der Waals surface area contributed by atoms with Gasteiger partial charge in [-0.25, -0.2) is 0 Å². The lowest BCUT2D eigenvalue weighted by Crippen LogP contribution is -2.25. The third-order valence-electron chi connectivity index (χ3n) is 5.80. The maximum atomic E-state index is 10.0. The number of hydrogen-bond acceptors (Lipinski definition) is 3. The Morgan fingerprint density at radius 2 is 1.24 bits per heavy atom. The molecule has 0 unspecified atom stereocenters. The van der Waals surface area contributed by atoms with Gasteiger partial charge in [0.2, 0.25) is 0 Å². The van der Waals surface area contributed by atoms with Crippen molar-refractivity contribution in [3.05, 3.63) is 59.2 Å². The van der Waals surface area contributed by atoms with Crippen LogP contribution < -0.4 is 0 Å². The molecule has 2 bridgehead atoms. The molecule has 0 aliphatic heterocycles. The van der Waals surface area contributed by atoms with Gasteiger partial charge in [0.25, 0.3) is 0 Å². The number of aromatic hydroxyl groups is 3. The Morgan fingerprint density at radius 3 is 1.80 bits per heavy atom. The van der Waals surface area contributed by atoms with E-state index in [0.29, 0.717) is 11.8 Å². The highest BCUT2D eigenvalue weighted by Gasteiger charge is 2.34. The quantitative estimate of drug-likeness (QED) is 0.660. The number of allylic oxidation sites excluding steroid dienone is 1. The summed E-state index contributed by atoms with van der Waals surface area (Å²) in [7, 11) is 0. The smallest absolute Gasteiger partial charge is 0.158 e. The molecule has 3 nitrogen and oxygen atoms in total. The van der Waals surface area contributed by atoms with Crippen molar-refractivity contribution >= 4 is 5.57 Å². The fraction of sp³-hybridized carbons (Fsp3) is 0.364. The van der Waals surface area contributed by atoms with Crippen LogP contribution in [0, 0.1) is 11.8 Å². The topological polar surface area (TPSA) is 60.7 Å². The summed E-state index contributed by atoms with van der Waals surface area (Å²) in [5, 5.41) is 29.4. The van der Waals surface area contributed by atoms with Crippen LogP contribution >= 0.6 is 0 Å². The fourth-order valence-electron chi connectivity index (χ4n) is 4.68. The van der Waals surface area contributed by atoms with Crippen LogP contribution in [0.1, 0.15) is 49.7 Å². The predicted octanol–water partition coefficient (Wildman–Crippen LogP) is 5.21. The van der Waals surface area contributed by atoms with Gasteiger partial charge in [-0.05, 0) is 78.5 Å². The molecule has 2 saturated carbocycles. The molecule has 2 aromatic rings. The Bertz CT molecular complexity index is 781. The Morgan fingerprint density at radius 1 is 0.680 bits per heavy atom. The average Bonchev–Trinajstić information content (AvgIpc) is 2.60. The van der Waals surface area contributed by atoms with E-state index in [1.54, 1.807) is 24.3 Å². The first-order valence-electron chi connectivity index (χ1n) is 9.19. The first-order valence-corrected chi connectivity index (χ1v) is 9.19. The Hall–Kier alpha value is -2.42. The van der Waals surface area contributed by atoms with E-state index in [4.69, 9.17) is 0 Å². The SMILES string of the molecule is Oc1ccc(C(=C2C3CCCC2CCC3)c2ccc(O)c(O)c2)cc1. The normalized spacial score (nSPS) is 22.6. The van der Waals surface area contributed by atoms with E-state index >= 15 is 0 Å². The summed E-state index contributed by atoms with van der Waals surface area (Å²) in [6.45, 7) is 0. The summed E-state index contributed by atoms with van der Waals surface area (Å²) in [6.07, 6.45) is 7.52. The van der Waals surface area contributed by atoms with Crippen molar-refractivity contribution in [1.29, 1.82) is 0 Å². The second-order valence-corrected chi connectivity index (χ2v) is 7.34. The lowest BCUT2D eigenvalue weighted by molar-refractivity contribution is 0.279. The van der Waals surface area contributed by atoms with E-state index in [9.17, 15) is 15.3 Å². The minimum Gasteiger partial charge on any atom is -0.508 e. The summed E-state index contributed by atoms with van der Waals surface area (Å²) < 4.78 is 0. The van der Waals surface area contributed by atoms with Gasteiger partial charge >= 0.3 is 0 Å². The van der Waals surface area contributed by atoms with Crippen LogP contribution in [0.25, 0.3) is 5.57 Å².